The van der Waals surface area contributed by atoms with Crippen LogP contribution in [0.5, 0.6) is 5.75 Å². The van der Waals surface area contributed by atoms with Gasteiger partial charge in [0.2, 0.25) is 0 Å². The van der Waals surface area contributed by atoms with Crippen molar-refractivity contribution in [1.29, 1.82) is 0 Å². The number of hydrogen-bond donors (Lipinski definition) is 0. The maximum Gasteiger partial charge on any atom is 0.118 e. The second-order valence-corrected chi connectivity index (χ2v) is 6.41. The van der Waals surface area contributed by atoms with E-state index in [2.05, 4.69) is 29.2 Å². The summed E-state index contributed by atoms with van der Waals surface area (Å²) in [7, 11) is 1.71. The maximum atomic E-state index is 6.32. The van der Waals surface area contributed by atoms with Crippen LogP contribution in [0.2, 0.25) is 0 Å². The molecule has 1 aromatic carbocycles. The summed E-state index contributed by atoms with van der Waals surface area (Å²) in [5.74, 6) is 0.937. The Morgan fingerprint density at radius 1 is 1.16 bits per heavy atom. The Labute approximate surface area is 120 Å². The molecule has 2 fully saturated rings. The Hall–Kier alpha value is -0.730. The van der Waals surface area contributed by atoms with Gasteiger partial charge in [-0.3, -0.25) is 4.90 Å². The minimum absolute atomic E-state index is 0.412. The Morgan fingerprint density at radius 3 is 2.37 bits per heavy atom. The summed E-state index contributed by atoms with van der Waals surface area (Å²) in [6, 6.07) is 9.92. The second-order valence-electron chi connectivity index (χ2n) is 5.79. The van der Waals surface area contributed by atoms with E-state index in [-0.39, 0.29) is 0 Å². The molecule has 0 N–H and O–H groups in total. The third-order valence-electron chi connectivity index (χ3n) is 4.64. The molecular weight excluding hydrogens is 258 g/mol. The zero-order valence-electron chi connectivity index (χ0n) is 11.5. The van der Waals surface area contributed by atoms with E-state index in [4.69, 9.17) is 16.3 Å². The lowest BCUT2D eigenvalue weighted by molar-refractivity contribution is 0.145. The predicted molar refractivity (Wildman–Crippen MR) is 79.1 cm³/mol. The van der Waals surface area contributed by atoms with Gasteiger partial charge in [0.1, 0.15) is 5.75 Å². The number of fused-ring (bicyclic) bond motifs is 2. The number of rotatable bonds is 4. The van der Waals surface area contributed by atoms with E-state index in [1.807, 2.05) is 0 Å². The second kappa shape index (κ2) is 5.72. The Kier molecular flexibility index (Phi) is 3.99. The summed E-state index contributed by atoms with van der Waals surface area (Å²) in [6.07, 6.45) is 6.18. The number of hydrogen-bond acceptors (Lipinski definition) is 2. The number of nitrogens with zero attached hydrogens (tertiary/aromatic N) is 1. The van der Waals surface area contributed by atoms with Gasteiger partial charge in [-0.05, 0) is 49.8 Å². The first-order valence-corrected chi connectivity index (χ1v) is 7.72. The van der Waals surface area contributed by atoms with Gasteiger partial charge in [0.25, 0.3) is 0 Å². The highest BCUT2D eigenvalue weighted by Crippen LogP contribution is 2.37. The van der Waals surface area contributed by atoms with E-state index in [9.17, 15) is 0 Å². The zero-order valence-corrected chi connectivity index (χ0v) is 12.3. The van der Waals surface area contributed by atoms with Gasteiger partial charge in [0, 0.05) is 24.0 Å². The van der Waals surface area contributed by atoms with Crippen molar-refractivity contribution in [3.63, 3.8) is 0 Å². The van der Waals surface area contributed by atoms with Gasteiger partial charge in [-0.2, -0.15) is 0 Å². The van der Waals surface area contributed by atoms with Crippen LogP contribution < -0.4 is 4.74 Å². The van der Waals surface area contributed by atoms with Crippen molar-refractivity contribution in [2.75, 3.05) is 13.7 Å². The SMILES string of the molecule is COc1ccc(CCN2C3CCC2CC(Cl)C3)cc1. The fraction of sp³-hybridized carbons (Fsp3) is 0.625. The molecule has 0 radical (unpaired) electrons. The van der Waals surface area contributed by atoms with Crippen LogP contribution in [-0.2, 0) is 6.42 Å². The molecule has 0 saturated carbocycles. The summed E-state index contributed by atoms with van der Waals surface area (Å²) < 4.78 is 5.19. The summed E-state index contributed by atoms with van der Waals surface area (Å²) in [5, 5.41) is 0.412. The van der Waals surface area contributed by atoms with Crippen LogP contribution in [0.1, 0.15) is 31.2 Å². The molecule has 3 heteroatoms. The predicted octanol–water partition coefficient (Wildman–Crippen LogP) is 3.47. The molecule has 2 aliphatic heterocycles. The first-order valence-electron chi connectivity index (χ1n) is 7.29. The van der Waals surface area contributed by atoms with Gasteiger partial charge in [0.05, 0.1) is 7.11 Å². The van der Waals surface area contributed by atoms with Crippen LogP contribution in [-0.4, -0.2) is 36.0 Å². The zero-order chi connectivity index (χ0) is 13.2. The first kappa shape index (κ1) is 13.3. The topological polar surface area (TPSA) is 12.5 Å². The molecule has 2 bridgehead atoms. The number of methoxy groups -OCH3 is 1. The molecule has 104 valence electrons. The van der Waals surface area contributed by atoms with Crippen LogP contribution in [0, 0.1) is 0 Å². The number of piperidine rings is 1. The Morgan fingerprint density at radius 2 is 1.79 bits per heavy atom. The van der Waals surface area contributed by atoms with Gasteiger partial charge >= 0.3 is 0 Å². The number of benzene rings is 1. The van der Waals surface area contributed by atoms with Crippen molar-refractivity contribution in [3.8, 4) is 5.75 Å². The van der Waals surface area contributed by atoms with Crippen molar-refractivity contribution in [2.45, 2.75) is 49.6 Å². The molecule has 0 spiro atoms. The van der Waals surface area contributed by atoms with Gasteiger partial charge in [-0.1, -0.05) is 12.1 Å². The quantitative estimate of drug-likeness (QED) is 0.783. The Balaban J connectivity index is 1.57. The number of halogens is 1. The molecule has 19 heavy (non-hydrogen) atoms. The fourth-order valence-electron chi connectivity index (χ4n) is 3.62. The maximum absolute atomic E-state index is 6.32. The summed E-state index contributed by atoms with van der Waals surface area (Å²) in [5.41, 5.74) is 1.40. The van der Waals surface area contributed by atoms with Crippen molar-refractivity contribution in [3.05, 3.63) is 29.8 Å². The molecule has 2 nitrogen and oxygen atoms in total. The Bertz CT molecular complexity index is 405. The molecule has 0 aromatic heterocycles. The lowest BCUT2D eigenvalue weighted by Gasteiger charge is -2.37. The third kappa shape index (κ3) is 2.90. The van der Waals surface area contributed by atoms with Crippen molar-refractivity contribution < 1.29 is 4.74 Å². The van der Waals surface area contributed by atoms with Crippen LogP contribution in [0.4, 0.5) is 0 Å². The smallest absolute Gasteiger partial charge is 0.118 e. The molecule has 3 rings (SSSR count). The van der Waals surface area contributed by atoms with E-state index in [0.29, 0.717) is 5.38 Å². The van der Waals surface area contributed by atoms with Gasteiger partial charge < -0.3 is 4.74 Å². The van der Waals surface area contributed by atoms with Crippen molar-refractivity contribution in [2.24, 2.45) is 0 Å². The average molecular weight is 280 g/mol. The largest absolute Gasteiger partial charge is 0.497 e. The van der Waals surface area contributed by atoms with Crippen molar-refractivity contribution in [1.82, 2.24) is 4.90 Å². The van der Waals surface area contributed by atoms with Crippen LogP contribution in [0.25, 0.3) is 0 Å². The monoisotopic (exact) mass is 279 g/mol. The minimum Gasteiger partial charge on any atom is -0.497 e. The summed E-state index contributed by atoms with van der Waals surface area (Å²) in [6.45, 7) is 1.17. The molecule has 0 amide bonds. The molecule has 0 aliphatic carbocycles. The van der Waals surface area contributed by atoms with Gasteiger partial charge in [-0.15, -0.1) is 11.6 Å². The highest BCUT2D eigenvalue weighted by Gasteiger charge is 2.39. The lowest BCUT2D eigenvalue weighted by Crippen LogP contribution is -2.44. The lowest BCUT2D eigenvalue weighted by atomic mass is 10.0. The van der Waals surface area contributed by atoms with Crippen LogP contribution >= 0.6 is 11.6 Å². The molecule has 2 saturated heterocycles. The van der Waals surface area contributed by atoms with E-state index in [1.54, 1.807) is 7.11 Å². The third-order valence-corrected chi connectivity index (χ3v) is 5.00. The van der Waals surface area contributed by atoms with E-state index >= 15 is 0 Å². The van der Waals surface area contributed by atoms with E-state index in [1.165, 1.54) is 37.8 Å². The van der Waals surface area contributed by atoms with Crippen LogP contribution in [0.15, 0.2) is 24.3 Å². The van der Waals surface area contributed by atoms with E-state index in [0.717, 1.165) is 24.3 Å². The summed E-state index contributed by atoms with van der Waals surface area (Å²) in [4.78, 5) is 2.70. The normalized spacial score (nSPS) is 30.5. The summed E-state index contributed by atoms with van der Waals surface area (Å²) >= 11 is 6.32. The standard InChI is InChI=1S/C16H22ClNO/c1-19-16-6-2-12(3-7-16)8-9-18-14-4-5-15(18)11-13(17)10-14/h2-3,6-7,13-15H,4-5,8-11H2,1H3. The van der Waals surface area contributed by atoms with Gasteiger partial charge in [0.15, 0.2) is 0 Å². The fourth-order valence-corrected chi connectivity index (χ4v) is 4.03. The van der Waals surface area contributed by atoms with Crippen molar-refractivity contribution >= 4 is 11.6 Å². The average Bonchev–Trinajstić information content (AvgIpc) is 2.67. The van der Waals surface area contributed by atoms with Gasteiger partial charge in [-0.25, -0.2) is 0 Å². The highest BCUT2D eigenvalue weighted by atomic mass is 35.5. The minimum atomic E-state index is 0.412. The molecule has 2 heterocycles. The molecule has 2 unspecified atom stereocenters. The van der Waals surface area contributed by atoms with E-state index < -0.39 is 0 Å². The molecular formula is C16H22ClNO. The number of ether oxygens (including phenoxy) is 1. The first-order chi connectivity index (χ1) is 9.26. The highest BCUT2D eigenvalue weighted by molar-refractivity contribution is 6.20. The molecule has 2 atom stereocenters. The number of alkyl halides is 1. The molecule has 1 aromatic rings. The van der Waals surface area contributed by atoms with Crippen LogP contribution in [0.3, 0.4) is 0 Å². The molecule has 2 aliphatic rings.